The monoisotopic (exact) mass is 374 g/mol. The number of carbonyl (C=O) groups excluding carboxylic acids is 2. The third-order valence-corrected chi connectivity index (χ3v) is 5.64. The van der Waals surface area contributed by atoms with E-state index in [0.29, 0.717) is 0 Å². The van der Waals surface area contributed by atoms with Crippen LogP contribution >= 0.6 is 0 Å². The molecule has 1 aromatic heterocycles. The maximum atomic E-state index is 13.4. The van der Waals surface area contributed by atoms with Gasteiger partial charge in [0, 0.05) is 17.2 Å². The fourth-order valence-corrected chi connectivity index (χ4v) is 3.93. The van der Waals surface area contributed by atoms with Crippen molar-refractivity contribution in [3.63, 3.8) is 0 Å². The molecule has 0 spiro atoms. The fraction of sp³-hybridized carbons (Fsp3) is 0. The van der Waals surface area contributed by atoms with Crippen molar-refractivity contribution in [2.45, 2.75) is 9.99 Å². The molecule has 1 aliphatic rings. The molecule has 0 radical (unpaired) electrons. The number of rotatable bonds is 2. The zero-order valence-corrected chi connectivity index (χ0v) is 13.6. The Kier molecular flexibility index (Phi) is 3.42. The molecule has 0 unspecified atom stereocenters. The highest BCUT2D eigenvalue weighted by molar-refractivity contribution is 7.91. The molecule has 3 aromatic rings. The molecule has 0 N–H and O–H groups in total. The second-order valence-electron chi connectivity index (χ2n) is 5.61. The Hall–Kier alpha value is -3.13. The number of ketones is 2. The van der Waals surface area contributed by atoms with Gasteiger partial charge in [-0.25, -0.2) is 17.2 Å². The molecule has 4 rings (SSSR count). The van der Waals surface area contributed by atoms with Crippen molar-refractivity contribution < 1.29 is 31.2 Å². The van der Waals surface area contributed by atoms with Crippen LogP contribution in [0.15, 0.2) is 62.9 Å². The van der Waals surface area contributed by atoms with Gasteiger partial charge in [-0.15, -0.1) is 0 Å². The Morgan fingerprint density at radius 1 is 0.731 bits per heavy atom. The Balaban J connectivity index is 1.87. The lowest BCUT2D eigenvalue weighted by atomic mass is 9.88. The predicted molar refractivity (Wildman–Crippen MR) is 83.8 cm³/mol. The van der Waals surface area contributed by atoms with E-state index in [4.69, 9.17) is 4.42 Å². The minimum atomic E-state index is -4.20. The summed E-state index contributed by atoms with van der Waals surface area (Å²) < 4.78 is 56.8. The van der Waals surface area contributed by atoms with E-state index in [1.807, 2.05) is 0 Å². The predicted octanol–water partition coefficient (Wildman–Crippen LogP) is 3.17. The van der Waals surface area contributed by atoms with Gasteiger partial charge < -0.3 is 4.42 Å². The van der Waals surface area contributed by atoms with Crippen LogP contribution < -0.4 is 0 Å². The maximum absolute atomic E-state index is 13.4. The summed E-state index contributed by atoms with van der Waals surface area (Å²) in [5, 5.41) is -0.621. The standard InChI is InChI=1S/C18H8F2O5S/c19-9-1-4-11(5-2-9)26(23,24)15-8-14-16(21)12-6-3-10(20)7-13(12)17(22)18(14)25-15/h1-8H. The largest absolute Gasteiger partial charge is 0.440 e. The van der Waals surface area contributed by atoms with Gasteiger partial charge in [-0.2, -0.15) is 0 Å². The first-order valence-electron chi connectivity index (χ1n) is 7.32. The molecule has 1 aliphatic carbocycles. The smallest absolute Gasteiger partial charge is 0.239 e. The van der Waals surface area contributed by atoms with Gasteiger partial charge in [0.15, 0.2) is 11.5 Å². The van der Waals surface area contributed by atoms with Crippen LogP contribution in [-0.2, 0) is 9.84 Å². The van der Waals surface area contributed by atoms with Crippen molar-refractivity contribution in [3.05, 3.63) is 82.6 Å². The average molecular weight is 374 g/mol. The molecule has 0 atom stereocenters. The quantitative estimate of drug-likeness (QED) is 0.504. The third-order valence-electron chi connectivity index (χ3n) is 4.02. The molecule has 26 heavy (non-hydrogen) atoms. The number of benzene rings is 2. The number of sulfone groups is 1. The van der Waals surface area contributed by atoms with Gasteiger partial charge in [-0.3, -0.25) is 9.59 Å². The van der Waals surface area contributed by atoms with Crippen LogP contribution in [-0.4, -0.2) is 20.0 Å². The van der Waals surface area contributed by atoms with Crippen LogP contribution in [0.25, 0.3) is 0 Å². The Bertz CT molecular complexity index is 1190. The summed E-state index contributed by atoms with van der Waals surface area (Å²) >= 11 is 0. The van der Waals surface area contributed by atoms with Crippen molar-refractivity contribution in [2.75, 3.05) is 0 Å². The van der Waals surface area contributed by atoms with E-state index in [-0.39, 0.29) is 21.6 Å². The summed E-state index contributed by atoms with van der Waals surface area (Å²) in [6.07, 6.45) is 0. The molecule has 0 bridgehead atoms. The number of carbonyl (C=O) groups is 2. The van der Waals surface area contributed by atoms with Crippen LogP contribution in [0.3, 0.4) is 0 Å². The molecule has 0 saturated carbocycles. The van der Waals surface area contributed by atoms with Crippen molar-refractivity contribution in [3.8, 4) is 0 Å². The number of furan rings is 1. The molecule has 0 fully saturated rings. The van der Waals surface area contributed by atoms with Gasteiger partial charge >= 0.3 is 0 Å². The SMILES string of the molecule is O=C1c2ccc(F)cc2C(=O)c2oc(S(=O)(=O)c3ccc(F)cc3)cc21. The normalized spacial score (nSPS) is 13.5. The summed E-state index contributed by atoms with van der Waals surface area (Å²) in [7, 11) is -4.20. The van der Waals surface area contributed by atoms with E-state index in [2.05, 4.69) is 0 Å². The van der Waals surface area contributed by atoms with Crippen LogP contribution in [0.5, 0.6) is 0 Å². The molecule has 0 aliphatic heterocycles. The minimum Gasteiger partial charge on any atom is -0.440 e. The van der Waals surface area contributed by atoms with Gasteiger partial charge in [-0.05, 0) is 42.5 Å². The molecular formula is C18H8F2O5S. The molecule has 8 heteroatoms. The summed E-state index contributed by atoms with van der Waals surface area (Å²) in [6, 6.07) is 8.06. The van der Waals surface area contributed by atoms with E-state index < -0.39 is 43.9 Å². The van der Waals surface area contributed by atoms with Gasteiger partial charge in [0.05, 0.1) is 10.5 Å². The summed E-state index contributed by atoms with van der Waals surface area (Å²) in [5.41, 5.74) is -0.437. The van der Waals surface area contributed by atoms with Crippen molar-refractivity contribution in [2.24, 2.45) is 0 Å². The maximum Gasteiger partial charge on any atom is 0.239 e. The molecule has 0 amide bonds. The number of fused-ring (bicyclic) bond motifs is 2. The van der Waals surface area contributed by atoms with Crippen LogP contribution in [0, 0.1) is 11.6 Å². The highest BCUT2D eigenvalue weighted by Gasteiger charge is 2.36. The topological polar surface area (TPSA) is 81.4 Å². The first-order valence-corrected chi connectivity index (χ1v) is 8.81. The van der Waals surface area contributed by atoms with Gasteiger partial charge in [-0.1, -0.05) is 0 Å². The third kappa shape index (κ3) is 2.30. The Morgan fingerprint density at radius 3 is 2.08 bits per heavy atom. The van der Waals surface area contributed by atoms with E-state index in [9.17, 15) is 26.8 Å². The van der Waals surface area contributed by atoms with Gasteiger partial charge in [0.25, 0.3) is 0 Å². The van der Waals surface area contributed by atoms with Crippen molar-refractivity contribution in [1.82, 2.24) is 0 Å². The Labute approximate surface area is 145 Å². The highest BCUT2D eigenvalue weighted by atomic mass is 32.2. The summed E-state index contributed by atoms with van der Waals surface area (Å²) in [5.74, 6) is -3.22. The second kappa shape index (κ2) is 5.43. The van der Waals surface area contributed by atoms with Crippen LogP contribution in [0.4, 0.5) is 8.78 Å². The van der Waals surface area contributed by atoms with E-state index in [1.165, 1.54) is 0 Å². The second-order valence-corrected chi connectivity index (χ2v) is 7.49. The van der Waals surface area contributed by atoms with E-state index in [1.54, 1.807) is 0 Å². The molecule has 5 nitrogen and oxygen atoms in total. The first kappa shape index (κ1) is 16.3. The van der Waals surface area contributed by atoms with Crippen LogP contribution in [0.2, 0.25) is 0 Å². The molecule has 0 saturated heterocycles. The van der Waals surface area contributed by atoms with Gasteiger partial charge in [0.2, 0.25) is 20.7 Å². The van der Waals surface area contributed by atoms with E-state index >= 15 is 0 Å². The van der Waals surface area contributed by atoms with Crippen molar-refractivity contribution >= 4 is 21.4 Å². The zero-order valence-electron chi connectivity index (χ0n) is 12.8. The average Bonchev–Trinajstić information content (AvgIpc) is 3.07. The fourth-order valence-electron chi connectivity index (χ4n) is 2.74. The Morgan fingerprint density at radius 2 is 1.38 bits per heavy atom. The van der Waals surface area contributed by atoms with E-state index in [0.717, 1.165) is 48.5 Å². The number of hydrogen-bond acceptors (Lipinski definition) is 5. The van der Waals surface area contributed by atoms with Crippen molar-refractivity contribution in [1.29, 1.82) is 0 Å². The first-order chi connectivity index (χ1) is 12.3. The highest BCUT2D eigenvalue weighted by Crippen LogP contribution is 2.33. The lowest BCUT2D eigenvalue weighted by Crippen LogP contribution is -2.19. The molecule has 1 heterocycles. The molecule has 2 aromatic carbocycles. The minimum absolute atomic E-state index is 0.0320. The lowest BCUT2D eigenvalue weighted by Gasteiger charge is -2.12. The lowest BCUT2D eigenvalue weighted by molar-refractivity contribution is 0.0957. The number of hydrogen-bond donors (Lipinski definition) is 0. The summed E-state index contributed by atoms with van der Waals surface area (Å²) in [6.45, 7) is 0. The molecular weight excluding hydrogens is 366 g/mol. The van der Waals surface area contributed by atoms with Gasteiger partial charge in [0.1, 0.15) is 11.6 Å². The zero-order chi connectivity index (χ0) is 18.6. The molecule has 130 valence electrons. The number of halogens is 2. The summed E-state index contributed by atoms with van der Waals surface area (Å²) in [4.78, 5) is 24.7. The van der Waals surface area contributed by atoms with Crippen LogP contribution in [0.1, 0.15) is 32.0 Å².